The van der Waals surface area contributed by atoms with Crippen molar-refractivity contribution in [2.75, 3.05) is 18.4 Å². The Bertz CT molecular complexity index is 834. The molecule has 26 heavy (non-hydrogen) atoms. The normalized spacial score (nSPS) is 19.1. The minimum atomic E-state index is -0.261. The van der Waals surface area contributed by atoms with Crippen LogP contribution in [0.15, 0.2) is 41.5 Å². The van der Waals surface area contributed by atoms with Crippen LogP contribution < -0.4 is 10.9 Å². The first-order valence-electron chi connectivity index (χ1n) is 8.77. The molecule has 0 radical (unpaired) electrons. The molecule has 0 saturated carbocycles. The maximum absolute atomic E-state index is 12.6. The van der Waals surface area contributed by atoms with E-state index >= 15 is 0 Å². The summed E-state index contributed by atoms with van der Waals surface area (Å²) in [5, 5.41) is 3.38. The predicted molar refractivity (Wildman–Crippen MR) is 103 cm³/mol. The van der Waals surface area contributed by atoms with E-state index in [-0.39, 0.29) is 17.5 Å². The van der Waals surface area contributed by atoms with Crippen molar-refractivity contribution in [1.82, 2.24) is 14.5 Å². The first-order valence-corrected chi connectivity index (χ1v) is 9.15. The fraction of sp³-hybridized carbons (Fsp3) is 0.421. The van der Waals surface area contributed by atoms with E-state index in [2.05, 4.69) is 15.2 Å². The first kappa shape index (κ1) is 18.6. The highest BCUT2D eigenvalue weighted by molar-refractivity contribution is 6.30. The van der Waals surface area contributed by atoms with Crippen LogP contribution >= 0.6 is 11.6 Å². The van der Waals surface area contributed by atoms with Gasteiger partial charge in [0.1, 0.15) is 5.82 Å². The monoisotopic (exact) mass is 374 g/mol. The number of carbonyl (C=O) groups is 1. The highest BCUT2D eigenvalue weighted by atomic mass is 35.5. The number of halogens is 1. The molecule has 2 atom stereocenters. The van der Waals surface area contributed by atoms with Crippen LogP contribution in [0.4, 0.5) is 5.82 Å². The van der Waals surface area contributed by atoms with E-state index in [1.54, 1.807) is 29.8 Å². The average Bonchev–Trinajstić information content (AvgIpc) is 2.65. The molecule has 1 saturated heterocycles. The van der Waals surface area contributed by atoms with Crippen LogP contribution in [0.2, 0.25) is 5.02 Å². The number of nitrogens with zero attached hydrogens (tertiary/aromatic N) is 3. The lowest BCUT2D eigenvalue weighted by Gasteiger charge is -2.36. The number of hydrogen-bond acceptors (Lipinski definition) is 4. The molecule has 1 fully saturated rings. The van der Waals surface area contributed by atoms with Crippen molar-refractivity contribution < 1.29 is 4.79 Å². The number of aryl methyl sites for hydroxylation is 1. The number of piperidine rings is 1. The minimum absolute atomic E-state index is 0.00961. The molecule has 0 aliphatic carbocycles. The van der Waals surface area contributed by atoms with Crippen molar-refractivity contribution in [3.05, 3.63) is 57.6 Å². The van der Waals surface area contributed by atoms with Gasteiger partial charge in [-0.3, -0.25) is 14.5 Å². The molecule has 2 aromatic heterocycles. The van der Waals surface area contributed by atoms with Crippen LogP contribution in [0.5, 0.6) is 0 Å². The molecule has 1 aliphatic heterocycles. The van der Waals surface area contributed by atoms with Gasteiger partial charge in [0, 0.05) is 32.1 Å². The van der Waals surface area contributed by atoms with Crippen molar-refractivity contribution >= 4 is 23.3 Å². The standard InChI is InChI=1S/C19H23ClN4O2/c1-13(19(26)22-17-7-6-16(20)10-21-17)24-9-3-4-14(12-24)15-5-8-18(25)23(2)11-15/h5-8,10-11,13-14H,3-4,9,12H2,1-2H3,(H,21,22,26)/t13-,14+/m0/s1. The van der Waals surface area contributed by atoms with E-state index in [0.717, 1.165) is 31.5 Å². The molecule has 2 aromatic rings. The number of pyridine rings is 2. The van der Waals surface area contributed by atoms with Gasteiger partial charge in [0.05, 0.1) is 11.1 Å². The van der Waals surface area contributed by atoms with Crippen molar-refractivity contribution in [2.45, 2.75) is 31.7 Å². The van der Waals surface area contributed by atoms with Crippen LogP contribution in [0.1, 0.15) is 31.2 Å². The lowest BCUT2D eigenvalue weighted by molar-refractivity contribution is -0.121. The van der Waals surface area contributed by atoms with Crippen LogP contribution in [0, 0.1) is 0 Å². The van der Waals surface area contributed by atoms with Crippen LogP contribution in [-0.4, -0.2) is 39.5 Å². The third-order valence-electron chi connectivity index (χ3n) is 4.94. The van der Waals surface area contributed by atoms with Crippen molar-refractivity contribution in [1.29, 1.82) is 0 Å². The Morgan fingerprint density at radius 2 is 2.15 bits per heavy atom. The van der Waals surface area contributed by atoms with Crippen LogP contribution in [-0.2, 0) is 11.8 Å². The second kappa shape index (κ2) is 8.01. The fourth-order valence-electron chi connectivity index (χ4n) is 3.33. The van der Waals surface area contributed by atoms with Crippen LogP contribution in [0.25, 0.3) is 0 Å². The molecule has 6 nitrogen and oxygen atoms in total. The van der Waals surface area contributed by atoms with Crippen molar-refractivity contribution in [3.63, 3.8) is 0 Å². The summed E-state index contributed by atoms with van der Waals surface area (Å²) in [6.45, 7) is 3.58. The molecule has 1 amide bonds. The maximum Gasteiger partial charge on any atom is 0.250 e. The van der Waals surface area contributed by atoms with Gasteiger partial charge < -0.3 is 9.88 Å². The Labute approximate surface area is 157 Å². The summed E-state index contributed by atoms with van der Waals surface area (Å²) >= 11 is 5.82. The zero-order valence-electron chi connectivity index (χ0n) is 15.0. The minimum Gasteiger partial charge on any atom is -0.318 e. The number of likely N-dealkylation sites (tertiary alicyclic amines) is 1. The first-order chi connectivity index (χ1) is 12.4. The summed E-state index contributed by atoms with van der Waals surface area (Å²) in [5.74, 6) is 0.734. The van der Waals surface area contributed by atoms with E-state index in [1.165, 1.54) is 6.20 Å². The molecule has 0 unspecified atom stereocenters. The summed E-state index contributed by atoms with van der Waals surface area (Å²) in [6.07, 6.45) is 5.49. The largest absolute Gasteiger partial charge is 0.318 e. The quantitative estimate of drug-likeness (QED) is 0.893. The summed E-state index contributed by atoms with van der Waals surface area (Å²) in [4.78, 5) is 30.5. The Morgan fingerprint density at radius 1 is 1.35 bits per heavy atom. The molecule has 0 spiro atoms. The Balaban J connectivity index is 1.66. The van der Waals surface area contributed by atoms with Gasteiger partial charge in [0.15, 0.2) is 0 Å². The van der Waals surface area contributed by atoms with Gasteiger partial charge in [-0.2, -0.15) is 0 Å². The highest BCUT2D eigenvalue weighted by Crippen LogP contribution is 2.27. The highest BCUT2D eigenvalue weighted by Gasteiger charge is 2.28. The van der Waals surface area contributed by atoms with E-state index < -0.39 is 0 Å². The van der Waals surface area contributed by atoms with E-state index in [0.29, 0.717) is 16.8 Å². The second-order valence-electron chi connectivity index (χ2n) is 6.77. The molecule has 0 aromatic carbocycles. The van der Waals surface area contributed by atoms with Gasteiger partial charge in [-0.25, -0.2) is 4.98 Å². The molecule has 3 heterocycles. The average molecular weight is 375 g/mol. The number of carbonyl (C=O) groups excluding carboxylic acids is 1. The number of anilines is 1. The summed E-state index contributed by atoms with van der Waals surface area (Å²) in [5.41, 5.74) is 1.13. The van der Waals surface area contributed by atoms with Gasteiger partial charge in [0.25, 0.3) is 0 Å². The Kier molecular flexibility index (Phi) is 5.74. The zero-order chi connectivity index (χ0) is 18.7. The van der Waals surface area contributed by atoms with E-state index in [1.807, 2.05) is 19.2 Å². The maximum atomic E-state index is 12.6. The third-order valence-corrected chi connectivity index (χ3v) is 5.16. The summed E-state index contributed by atoms with van der Waals surface area (Å²) < 4.78 is 1.61. The number of amides is 1. The van der Waals surface area contributed by atoms with Gasteiger partial charge in [-0.05, 0) is 49.9 Å². The number of hydrogen-bond donors (Lipinski definition) is 1. The lowest BCUT2D eigenvalue weighted by Crippen LogP contribution is -2.46. The summed E-state index contributed by atoms with van der Waals surface area (Å²) in [6, 6.07) is 6.64. The molecule has 0 bridgehead atoms. The fourth-order valence-corrected chi connectivity index (χ4v) is 3.45. The van der Waals surface area contributed by atoms with Gasteiger partial charge >= 0.3 is 0 Å². The molecular weight excluding hydrogens is 352 g/mol. The van der Waals surface area contributed by atoms with E-state index in [9.17, 15) is 9.59 Å². The SMILES string of the molecule is C[C@@H](C(=O)Nc1ccc(Cl)cn1)N1CCC[C@@H](c2ccc(=O)n(C)c2)C1. The van der Waals surface area contributed by atoms with Gasteiger partial charge in [-0.1, -0.05) is 17.7 Å². The molecule has 7 heteroatoms. The predicted octanol–water partition coefficient (Wildman–Crippen LogP) is 2.64. The Hall–Kier alpha value is -2.18. The molecule has 138 valence electrons. The lowest BCUT2D eigenvalue weighted by atomic mass is 9.91. The molecule has 1 N–H and O–H groups in total. The third kappa shape index (κ3) is 4.31. The van der Waals surface area contributed by atoms with Crippen LogP contribution in [0.3, 0.4) is 0 Å². The number of aromatic nitrogens is 2. The van der Waals surface area contributed by atoms with Crippen molar-refractivity contribution in [2.24, 2.45) is 7.05 Å². The van der Waals surface area contributed by atoms with Gasteiger partial charge in [-0.15, -0.1) is 0 Å². The smallest absolute Gasteiger partial charge is 0.250 e. The molecular formula is C19H23ClN4O2. The topological polar surface area (TPSA) is 67.2 Å². The summed E-state index contributed by atoms with van der Waals surface area (Å²) in [7, 11) is 1.77. The second-order valence-corrected chi connectivity index (χ2v) is 7.21. The molecule has 1 aliphatic rings. The Morgan fingerprint density at radius 3 is 2.85 bits per heavy atom. The molecule has 3 rings (SSSR count). The zero-order valence-corrected chi connectivity index (χ0v) is 15.7. The van der Waals surface area contributed by atoms with Crippen molar-refractivity contribution in [3.8, 4) is 0 Å². The number of rotatable bonds is 4. The van der Waals surface area contributed by atoms with E-state index in [4.69, 9.17) is 11.6 Å². The number of nitrogens with one attached hydrogen (secondary N) is 1. The van der Waals surface area contributed by atoms with Gasteiger partial charge in [0.2, 0.25) is 11.5 Å².